The van der Waals surface area contributed by atoms with Crippen LogP contribution in [0.4, 0.5) is 4.39 Å². The second kappa shape index (κ2) is 8.06. The Labute approximate surface area is 175 Å². The predicted octanol–water partition coefficient (Wildman–Crippen LogP) is 5.01. The molecule has 0 atom stereocenters. The third kappa shape index (κ3) is 4.08. The number of aromatic nitrogens is 4. The van der Waals surface area contributed by atoms with Crippen LogP contribution >= 0.6 is 0 Å². The van der Waals surface area contributed by atoms with E-state index in [1.54, 1.807) is 6.07 Å². The van der Waals surface area contributed by atoms with Crippen molar-refractivity contribution < 1.29 is 9.13 Å². The minimum Gasteiger partial charge on any atom is -0.487 e. The van der Waals surface area contributed by atoms with Gasteiger partial charge in [-0.2, -0.15) is 10.2 Å². The van der Waals surface area contributed by atoms with Crippen molar-refractivity contribution in [2.45, 2.75) is 32.8 Å². The zero-order valence-corrected chi connectivity index (χ0v) is 17.2. The lowest BCUT2D eigenvalue weighted by atomic mass is 9.78. The van der Waals surface area contributed by atoms with Gasteiger partial charge in [0, 0.05) is 5.41 Å². The molecule has 4 rings (SSSR count). The number of halogens is 1. The third-order valence-corrected chi connectivity index (χ3v) is 5.23. The van der Waals surface area contributed by atoms with Crippen LogP contribution in [0.3, 0.4) is 0 Å². The standard InChI is InChI=1S/C24H23FN4O/c1-17-4-6-18(7-5-17)24(2,3)19-8-11-21(12-9-19)30-16-20-10-13-22(25)23(28-20)29-26-14-15-27-29/h4-15H,16H2,1-3H3. The quantitative estimate of drug-likeness (QED) is 0.455. The molecule has 0 aliphatic rings. The molecule has 0 amide bonds. The highest BCUT2D eigenvalue weighted by molar-refractivity contribution is 5.40. The largest absolute Gasteiger partial charge is 0.487 e. The highest BCUT2D eigenvalue weighted by atomic mass is 19.1. The molecular formula is C24H23FN4O. The number of hydrogen-bond acceptors (Lipinski definition) is 4. The van der Waals surface area contributed by atoms with Crippen molar-refractivity contribution in [3.05, 3.63) is 101 Å². The minimum absolute atomic E-state index is 0.0521. The van der Waals surface area contributed by atoms with E-state index in [4.69, 9.17) is 4.74 Å². The summed E-state index contributed by atoms with van der Waals surface area (Å²) in [5.41, 5.74) is 4.19. The van der Waals surface area contributed by atoms with Gasteiger partial charge >= 0.3 is 0 Å². The number of pyridine rings is 1. The van der Waals surface area contributed by atoms with E-state index in [0.717, 1.165) is 10.5 Å². The van der Waals surface area contributed by atoms with E-state index in [-0.39, 0.29) is 17.8 Å². The molecule has 0 unspecified atom stereocenters. The molecule has 30 heavy (non-hydrogen) atoms. The van der Waals surface area contributed by atoms with Gasteiger partial charge in [-0.05, 0) is 42.3 Å². The van der Waals surface area contributed by atoms with Gasteiger partial charge in [-0.15, -0.1) is 4.80 Å². The normalized spacial score (nSPS) is 11.5. The second-order valence-corrected chi connectivity index (χ2v) is 7.73. The van der Waals surface area contributed by atoms with Gasteiger partial charge in [0.1, 0.15) is 12.4 Å². The molecule has 0 N–H and O–H groups in total. The third-order valence-electron chi connectivity index (χ3n) is 5.23. The summed E-state index contributed by atoms with van der Waals surface area (Å²) in [7, 11) is 0. The molecule has 0 aliphatic heterocycles. The summed E-state index contributed by atoms with van der Waals surface area (Å²) in [6.45, 7) is 6.73. The van der Waals surface area contributed by atoms with Crippen molar-refractivity contribution in [1.29, 1.82) is 0 Å². The number of benzene rings is 2. The minimum atomic E-state index is -0.488. The van der Waals surface area contributed by atoms with E-state index >= 15 is 0 Å². The molecule has 0 saturated carbocycles. The van der Waals surface area contributed by atoms with Crippen LogP contribution < -0.4 is 4.74 Å². The molecule has 0 aliphatic carbocycles. The van der Waals surface area contributed by atoms with Crippen LogP contribution in [0.1, 0.15) is 36.2 Å². The summed E-state index contributed by atoms with van der Waals surface area (Å²) in [6.07, 6.45) is 2.95. The predicted molar refractivity (Wildman–Crippen MR) is 113 cm³/mol. The summed E-state index contributed by atoms with van der Waals surface area (Å²) in [5, 5.41) is 7.86. The smallest absolute Gasteiger partial charge is 0.210 e. The molecule has 4 aromatic rings. The maximum atomic E-state index is 14.0. The summed E-state index contributed by atoms with van der Waals surface area (Å²) in [5.74, 6) is 0.289. The van der Waals surface area contributed by atoms with E-state index in [9.17, 15) is 4.39 Å². The Morgan fingerprint density at radius 2 is 1.47 bits per heavy atom. The Kier molecular flexibility index (Phi) is 5.31. The monoisotopic (exact) mass is 402 g/mol. The molecule has 6 heteroatoms. The van der Waals surface area contributed by atoms with Crippen LogP contribution in [-0.4, -0.2) is 20.0 Å². The Hall–Kier alpha value is -3.54. The lowest BCUT2D eigenvalue weighted by molar-refractivity contribution is 0.300. The number of rotatable bonds is 6. The van der Waals surface area contributed by atoms with Crippen molar-refractivity contribution in [2.75, 3.05) is 0 Å². The van der Waals surface area contributed by atoms with Gasteiger partial charge in [0.25, 0.3) is 0 Å². The van der Waals surface area contributed by atoms with Crippen molar-refractivity contribution >= 4 is 0 Å². The molecule has 0 radical (unpaired) electrons. The fourth-order valence-electron chi connectivity index (χ4n) is 3.28. The van der Waals surface area contributed by atoms with E-state index in [1.165, 1.54) is 35.2 Å². The molecule has 152 valence electrons. The SMILES string of the molecule is Cc1ccc(C(C)(C)c2ccc(OCc3ccc(F)c(-n4nccn4)n3)cc2)cc1. The van der Waals surface area contributed by atoms with Gasteiger partial charge in [-0.3, -0.25) is 0 Å². The average Bonchev–Trinajstić information content (AvgIpc) is 3.28. The van der Waals surface area contributed by atoms with Crippen LogP contribution in [0, 0.1) is 12.7 Å². The van der Waals surface area contributed by atoms with Crippen LogP contribution in [0.5, 0.6) is 5.75 Å². The van der Waals surface area contributed by atoms with Gasteiger partial charge < -0.3 is 4.74 Å². The first-order chi connectivity index (χ1) is 14.4. The van der Waals surface area contributed by atoms with Gasteiger partial charge in [-0.25, -0.2) is 9.37 Å². The summed E-state index contributed by atoms with van der Waals surface area (Å²) >= 11 is 0. The van der Waals surface area contributed by atoms with Gasteiger partial charge in [0.15, 0.2) is 5.82 Å². The van der Waals surface area contributed by atoms with E-state index in [2.05, 4.69) is 72.4 Å². The Morgan fingerprint density at radius 3 is 2.10 bits per heavy atom. The number of aryl methyl sites for hydroxylation is 1. The zero-order valence-electron chi connectivity index (χ0n) is 17.2. The van der Waals surface area contributed by atoms with E-state index in [1.807, 2.05) is 12.1 Å². The molecule has 2 aromatic carbocycles. The lowest BCUT2D eigenvalue weighted by Crippen LogP contribution is -2.18. The maximum Gasteiger partial charge on any atom is 0.210 e. The molecule has 0 spiro atoms. The Balaban J connectivity index is 1.47. The maximum absolute atomic E-state index is 14.0. The van der Waals surface area contributed by atoms with Gasteiger partial charge in [-0.1, -0.05) is 55.8 Å². The van der Waals surface area contributed by atoms with Crippen molar-refractivity contribution in [3.63, 3.8) is 0 Å². The number of nitrogens with zero attached hydrogens (tertiary/aromatic N) is 4. The summed E-state index contributed by atoms with van der Waals surface area (Å²) in [4.78, 5) is 5.42. The van der Waals surface area contributed by atoms with Crippen LogP contribution in [0.2, 0.25) is 0 Å². The first-order valence-electron chi connectivity index (χ1n) is 9.76. The molecule has 5 nitrogen and oxygen atoms in total. The average molecular weight is 402 g/mol. The topological polar surface area (TPSA) is 52.8 Å². The molecular weight excluding hydrogens is 379 g/mol. The molecule has 2 heterocycles. The van der Waals surface area contributed by atoms with Crippen LogP contribution in [0.15, 0.2) is 73.1 Å². The Bertz CT molecular complexity index is 1120. The van der Waals surface area contributed by atoms with Crippen molar-refractivity contribution in [1.82, 2.24) is 20.0 Å². The molecule has 2 aromatic heterocycles. The van der Waals surface area contributed by atoms with Crippen molar-refractivity contribution in [3.8, 4) is 11.6 Å². The molecule has 0 saturated heterocycles. The first kappa shape index (κ1) is 19.8. The lowest BCUT2D eigenvalue weighted by Gasteiger charge is -2.26. The zero-order chi connectivity index (χ0) is 21.1. The number of ether oxygens (including phenoxy) is 1. The first-order valence-corrected chi connectivity index (χ1v) is 9.76. The summed E-state index contributed by atoms with van der Waals surface area (Å²) < 4.78 is 19.9. The molecule has 0 bridgehead atoms. The van der Waals surface area contributed by atoms with Crippen LogP contribution in [-0.2, 0) is 12.0 Å². The highest BCUT2D eigenvalue weighted by Gasteiger charge is 2.22. The summed E-state index contributed by atoms with van der Waals surface area (Å²) in [6, 6.07) is 19.6. The number of hydrogen-bond donors (Lipinski definition) is 0. The fourth-order valence-corrected chi connectivity index (χ4v) is 3.28. The van der Waals surface area contributed by atoms with Gasteiger partial charge in [0.2, 0.25) is 5.82 Å². The second-order valence-electron chi connectivity index (χ2n) is 7.73. The van der Waals surface area contributed by atoms with E-state index in [0.29, 0.717) is 5.69 Å². The Morgan fingerprint density at radius 1 is 0.867 bits per heavy atom. The van der Waals surface area contributed by atoms with Crippen LogP contribution in [0.25, 0.3) is 5.82 Å². The fraction of sp³-hybridized carbons (Fsp3) is 0.208. The van der Waals surface area contributed by atoms with Gasteiger partial charge in [0.05, 0.1) is 18.1 Å². The van der Waals surface area contributed by atoms with Crippen molar-refractivity contribution in [2.24, 2.45) is 0 Å². The van der Waals surface area contributed by atoms with E-state index < -0.39 is 5.82 Å². The highest BCUT2D eigenvalue weighted by Crippen LogP contribution is 2.32. The molecule has 0 fully saturated rings.